The molecular weight excluding hydrogens is 560 g/mol. The Hall–Kier alpha value is -6.44. The molecule has 0 saturated heterocycles. The van der Waals surface area contributed by atoms with Crippen molar-refractivity contribution in [2.45, 2.75) is 0 Å². The predicted octanol–water partition coefficient (Wildman–Crippen LogP) is 10.5. The summed E-state index contributed by atoms with van der Waals surface area (Å²) in [7, 11) is 0. The van der Waals surface area contributed by atoms with Gasteiger partial charge in [-0.3, -0.25) is 4.98 Å². The number of rotatable bonds is 4. The highest BCUT2D eigenvalue weighted by Gasteiger charge is 2.20. The third-order valence-corrected chi connectivity index (χ3v) is 9.02. The fraction of sp³-hybridized carbons (Fsp3) is 0. The van der Waals surface area contributed by atoms with E-state index in [0.29, 0.717) is 5.56 Å². The molecule has 0 fully saturated rings. The quantitative estimate of drug-likeness (QED) is 0.206. The molecule has 0 aliphatic heterocycles. The van der Waals surface area contributed by atoms with Crippen molar-refractivity contribution in [1.82, 2.24) is 14.1 Å². The maximum Gasteiger partial charge on any atom is 0.0998 e. The van der Waals surface area contributed by atoms with Crippen molar-refractivity contribution < 1.29 is 0 Å². The SMILES string of the molecule is N#Cc1cccc(-n2c3ccccc3c3ccccc32)c1-c1cccc(-c2ncccc2-n2c3ccccc3c3ccccc32)c1. The molecule has 0 N–H and O–H groups in total. The zero-order chi connectivity index (χ0) is 30.6. The summed E-state index contributed by atoms with van der Waals surface area (Å²) < 4.78 is 4.60. The van der Waals surface area contributed by atoms with E-state index >= 15 is 0 Å². The van der Waals surface area contributed by atoms with Crippen LogP contribution in [0.2, 0.25) is 0 Å². The number of hydrogen-bond donors (Lipinski definition) is 0. The van der Waals surface area contributed by atoms with Gasteiger partial charge in [0.2, 0.25) is 0 Å². The lowest BCUT2D eigenvalue weighted by molar-refractivity contribution is 1.14. The predicted molar refractivity (Wildman–Crippen MR) is 189 cm³/mol. The molecule has 0 aliphatic rings. The molecule has 3 heterocycles. The van der Waals surface area contributed by atoms with Crippen molar-refractivity contribution in [3.8, 4) is 39.8 Å². The molecule has 4 heteroatoms. The van der Waals surface area contributed by atoms with Gasteiger partial charge in [0.15, 0.2) is 0 Å². The molecule has 0 aliphatic carbocycles. The molecule has 0 spiro atoms. The lowest BCUT2D eigenvalue weighted by Gasteiger charge is -2.17. The second-order valence-corrected chi connectivity index (χ2v) is 11.5. The lowest BCUT2D eigenvalue weighted by atomic mass is 9.95. The summed E-state index contributed by atoms with van der Waals surface area (Å²) in [6.07, 6.45) is 1.85. The van der Waals surface area contributed by atoms with Gasteiger partial charge in [0.05, 0.1) is 50.8 Å². The summed E-state index contributed by atoms with van der Waals surface area (Å²) in [5, 5.41) is 15.2. The fourth-order valence-electron chi connectivity index (χ4n) is 7.11. The van der Waals surface area contributed by atoms with E-state index in [9.17, 15) is 5.26 Å². The topological polar surface area (TPSA) is 46.5 Å². The Bertz CT molecular complexity index is 2560. The minimum atomic E-state index is 0.625. The van der Waals surface area contributed by atoms with E-state index in [0.717, 1.165) is 55.8 Å². The number of fused-ring (bicyclic) bond motifs is 6. The van der Waals surface area contributed by atoms with Gasteiger partial charge in [-0.15, -0.1) is 0 Å². The number of nitriles is 1. The minimum absolute atomic E-state index is 0.625. The Morgan fingerprint density at radius 1 is 0.457 bits per heavy atom. The highest BCUT2D eigenvalue weighted by molar-refractivity contribution is 6.11. The number of para-hydroxylation sites is 4. The van der Waals surface area contributed by atoms with Crippen LogP contribution >= 0.6 is 0 Å². The second kappa shape index (κ2) is 10.3. The van der Waals surface area contributed by atoms with Crippen LogP contribution in [0, 0.1) is 11.3 Å². The van der Waals surface area contributed by atoms with Crippen molar-refractivity contribution in [2.24, 2.45) is 0 Å². The van der Waals surface area contributed by atoms with Gasteiger partial charge in [-0.2, -0.15) is 5.26 Å². The van der Waals surface area contributed by atoms with Crippen LogP contribution < -0.4 is 0 Å². The van der Waals surface area contributed by atoms with Crippen LogP contribution in [-0.4, -0.2) is 14.1 Å². The van der Waals surface area contributed by atoms with E-state index in [4.69, 9.17) is 4.98 Å². The standard InChI is InChI=1S/C42H26N4/c43-27-30-14-10-23-39(45-35-19-5-1-15-31(35)32-16-2-6-20-36(32)45)41(30)28-12-9-13-29(26-28)42-40(24-11-25-44-42)46-37-21-7-3-17-33(37)34-18-4-8-22-38(34)46/h1-26H. The summed E-state index contributed by atoms with van der Waals surface area (Å²) in [6, 6.07) is 55.1. The molecule has 214 valence electrons. The fourth-order valence-corrected chi connectivity index (χ4v) is 7.11. The molecule has 0 unspecified atom stereocenters. The van der Waals surface area contributed by atoms with Crippen LogP contribution in [0.3, 0.4) is 0 Å². The maximum absolute atomic E-state index is 10.4. The normalized spacial score (nSPS) is 11.5. The molecule has 9 rings (SSSR count). The van der Waals surface area contributed by atoms with Gasteiger partial charge in [-0.1, -0.05) is 97.1 Å². The number of hydrogen-bond acceptors (Lipinski definition) is 2. The largest absolute Gasteiger partial charge is 0.309 e. The average Bonchev–Trinajstić information content (AvgIpc) is 3.64. The first-order valence-corrected chi connectivity index (χ1v) is 15.4. The highest BCUT2D eigenvalue weighted by atomic mass is 15.0. The minimum Gasteiger partial charge on any atom is -0.309 e. The molecular formula is C42H26N4. The second-order valence-electron chi connectivity index (χ2n) is 11.5. The van der Waals surface area contributed by atoms with E-state index < -0.39 is 0 Å². The van der Waals surface area contributed by atoms with Gasteiger partial charge >= 0.3 is 0 Å². The van der Waals surface area contributed by atoms with Crippen LogP contribution in [0.1, 0.15) is 5.56 Å². The Kier molecular flexibility index (Phi) is 5.84. The molecule has 0 radical (unpaired) electrons. The zero-order valence-corrected chi connectivity index (χ0v) is 24.8. The molecule has 46 heavy (non-hydrogen) atoms. The highest BCUT2D eigenvalue weighted by Crippen LogP contribution is 2.40. The van der Waals surface area contributed by atoms with Crippen molar-refractivity contribution in [3.63, 3.8) is 0 Å². The molecule has 0 amide bonds. The van der Waals surface area contributed by atoms with Gasteiger partial charge in [0, 0.05) is 38.9 Å². The third-order valence-electron chi connectivity index (χ3n) is 9.02. The maximum atomic E-state index is 10.4. The molecule has 3 aromatic heterocycles. The first-order valence-electron chi connectivity index (χ1n) is 15.4. The van der Waals surface area contributed by atoms with Crippen molar-refractivity contribution in [1.29, 1.82) is 5.26 Å². The number of nitrogens with zero attached hydrogens (tertiary/aromatic N) is 4. The summed E-state index contributed by atoms with van der Waals surface area (Å²) in [4.78, 5) is 4.96. The van der Waals surface area contributed by atoms with Crippen LogP contribution in [-0.2, 0) is 0 Å². The van der Waals surface area contributed by atoms with Gasteiger partial charge in [0.25, 0.3) is 0 Å². The molecule has 4 nitrogen and oxygen atoms in total. The smallest absolute Gasteiger partial charge is 0.0998 e. The Morgan fingerprint density at radius 2 is 0.935 bits per heavy atom. The number of benzene rings is 6. The van der Waals surface area contributed by atoms with E-state index in [1.807, 2.05) is 24.4 Å². The van der Waals surface area contributed by atoms with Gasteiger partial charge < -0.3 is 9.13 Å². The van der Waals surface area contributed by atoms with Crippen LogP contribution in [0.5, 0.6) is 0 Å². The Morgan fingerprint density at radius 3 is 1.50 bits per heavy atom. The first-order chi connectivity index (χ1) is 22.8. The lowest BCUT2D eigenvalue weighted by Crippen LogP contribution is -2.01. The molecule has 0 bridgehead atoms. The third kappa shape index (κ3) is 3.83. The van der Waals surface area contributed by atoms with E-state index in [1.54, 1.807) is 0 Å². The van der Waals surface area contributed by atoms with Gasteiger partial charge in [0.1, 0.15) is 0 Å². The summed E-state index contributed by atoms with van der Waals surface area (Å²) in [6.45, 7) is 0. The zero-order valence-electron chi connectivity index (χ0n) is 24.8. The van der Waals surface area contributed by atoms with E-state index in [-0.39, 0.29) is 0 Å². The van der Waals surface area contributed by atoms with Crippen molar-refractivity contribution >= 4 is 43.6 Å². The molecule has 9 aromatic rings. The van der Waals surface area contributed by atoms with Gasteiger partial charge in [-0.05, 0) is 60.2 Å². The Balaban J connectivity index is 1.29. The van der Waals surface area contributed by atoms with E-state index in [1.165, 1.54) is 21.5 Å². The van der Waals surface area contributed by atoms with Crippen LogP contribution in [0.15, 0.2) is 158 Å². The van der Waals surface area contributed by atoms with E-state index in [2.05, 4.69) is 149 Å². The number of aromatic nitrogens is 3. The van der Waals surface area contributed by atoms with Crippen LogP contribution in [0.25, 0.3) is 77.4 Å². The average molecular weight is 587 g/mol. The molecule has 0 atom stereocenters. The van der Waals surface area contributed by atoms with Crippen molar-refractivity contribution in [3.05, 3.63) is 163 Å². The monoisotopic (exact) mass is 586 g/mol. The number of pyridine rings is 1. The molecule has 0 saturated carbocycles. The Labute approximate surface area is 265 Å². The summed E-state index contributed by atoms with van der Waals surface area (Å²) in [5.74, 6) is 0. The van der Waals surface area contributed by atoms with Crippen LogP contribution in [0.4, 0.5) is 0 Å². The van der Waals surface area contributed by atoms with Gasteiger partial charge in [-0.25, -0.2) is 0 Å². The first kappa shape index (κ1) is 26.0. The summed E-state index contributed by atoms with van der Waals surface area (Å²) >= 11 is 0. The van der Waals surface area contributed by atoms with Crippen molar-refractivity contribution in [2.75, 3.05) is 0 Å². The molecule has 6 aromatic carbocycles. The summed E-state index contributed by atoms with van der Waals surface area (Å²) in [5.41, 5.74) is 10.8.